The smallest absolute Gasteiger partial charge is 0.319 e. The number of para-hydroxylation sites is 4. The Hall–Kier alpha value is -3.33. The highest BCUT2D eigenvalue weighted by Crippen LogP contribution is 2.20. The molecule has 0 aliphatic rings. The third-order valence-electron chi connectivity index (χ3n) is 4.85. The Morgan fingerprint density at radius 1 is 1.00 bits per heavy atom. The summed E-state index contributed by atoms with van der Waals surface area (Å²) >= 11 is 0. The van der Waals surface area contributed by atoms with Crippen molar-refractivity contribution in [3.8, 4) is 0 Å². The third kappa shape index (κ3) is 2.81. The van der Waals surface area contributed by atoms with E-state index in [0.29, 0.717) is 19.6 Å². The van der Waals surface area contributed by atoms with Gasteiger partial charge < -0.3 is 9.41 Å². The maximum absolute atomic E-state index is 13.1. The molecule has 4 rings (SSSR count). The average Bonchev–Trinajstić information content (AvgIpc) is 3.15. The highest BCUT2D eigenvalue weighted by molar-refractivity contribution is 5.77. The van der Waals surface area contributed by atoms with Gasteiger partial charge in [0.2, 0.25) is 6.54 Å². The van der Waals surface area contributed by atoms with Crippen LogP contribution in [0.2, 0.25) is 0 Å². The molecule has 136 valence electrons. The van der Waals surface area contributed by atoms with Crippen LogP contribution < -0.4 is 5.69 Å². The Morgan fingerprint density at radius 3 is 2.37 bits per heavy atom. The molecule has 6 nitrogen and oxygen atoms in total. The summed E-state index contributed by atoms with van der Waals surface area (Å²) in [7, 11) is 0. The van der Waals surface area contributed by atoms with Crippen LogP contribution in [-0.2, 0) is 13.1 Å². The van der Waals surface area contributed by atoms with Gasteiger partial charge >= 0.3 is 5.69 Å². The van der Waals surface area contributed by atoms with Crippen LogP contribution in [0.25, 0.3) is 26.9 Å². The fourth-order valence-electron chi connectivity index (χ4n) is 3.67. The summed E-state index contributed by atoms with van der Waals surface area (Å²) in [6.07, 6.45) is 0. The molecule has 0 aliphatic heterocycles. The molecule has 0 saturated heterocycles. The van der Waals surface area contributed by atoms with Crippen molar-refractivity contribution in [2.75, 3.05) is 6.54 Å². The van der Waals surface area contributed by atoms with Gasteiger partial charge in [0.05, 0.1) is 35.2 Å². The van der Waals surface area contributed by atoms with Crippen molar-refractivity contribution in [1.29, 1.82) is 0 Å². The normalized spacial score (nSPS) is 11.5. The van der Waals surface area contributed by atoms with Crippen LogP contribution in [0.1, 0.15) is 25.7 Å². The molecule has 6 heteroatoms. The molecule has 0 amide bonds. The van der Waals surface area contributed by atoms with E-state index >= 15 is 0 Å². The van der Waals surface area contributed by atoms with Crippen LogP contribution >= 0.6 is 0 Å². The lowest BCUT2D eigenvalue weighted by atomic mass is 10.3. The van der Waals surface area contributed by atoms with Crippen LogP contribution in [0.5, 0.6) is 0 Å². The number of rotatable bonds is 5. The summed E-state index contributed by atoms with van der Waals surface area (Å²) < 4.78 is 5.66. The lowest BCUT2D eigenvalue weighted by Crippen LogP contribution is -2.27. The molecular weight excluding hydrogens is 338 g/mol. The van der Waals surface area contributed by atoms with Crippen molar-refractivity contribution in [3.05, 3.63) is 76.3 Å². The predicted octanol–water partition coefficient (Wildman–Crippen LogP) is 3.70. The number of hydrogen-bond acceptors (Lipinski definition) is 2. The first-order valence-electron chi connectivity index (χ1n) is 9.09. The Kier molecular flexibility index (Phi) is 4.28. The van der Waals surface area contributed by atoms with Crippen LogP contribution in [0, 0.1) is 6.57 Å². The van der Waals surface area contributed by atoms with Crippen molar-refractivity contribution in [2.45, 2.75) is 33.0 Å². The summed E-state index contributed by atoms with van der Waals surface area (Å²) in [6.45, 7) is 12.5. The summed E-state index contributed by atoms with van der Waals surface area (Å²) in [5.74, 6) is 0.800. The number of hydrogen-bond donors (Lipinski definition) is 0. The molecule has 2 aromatic carbocycles. The van der Waals surface area contributed by atoms with Gasteiger partial charge in [-0.05, 0) is 38.1 Å². The highest BCUT2D eigenvalue weighted by Gasteiger charge is 2.18. The van der Waals surface area contributed by atoms with Gasteiger partial charge in [-0.2, -0.15) is 0 Å². The zero-order chi connectivity index (χ0) is 19.0. The molecule has 0 unspecified atom stereocenters. The lowest BCUT2D eigenvalue weighted by Gasteiger charge is -2.07. The van der Waals surface area contributed by atoms with E-state index in [1.165, 1.54) is 0 Å². The zero-order valence-electron chi connectivity index (χ0n) is 15.5. The first-order chi connectivity index (χ1) is 13.1. The van der Waals surface area contributed by atoms with Gasteiger partial charge in [0.25, 0.3) is 0 Å². The van der Waals surface area contributed by atoms with Crippen LogP contribution in [0.15, 0.2) is 53.3 Å². The monoisotopic (exact) mass is 359 g/mol. The predicted molar refractivity (Wildman–Crippen MR) is 107 cm³/mol. The Balaban J connectivity index is 1.90. The molecule has 2 heterocycles. The molecule has 0 atom stereocenters. The highest BCUT2D eigenvalue weighted by atomic mass is 16.1. The Labute approximate surface area is 157 Å². The van der Waals surface area contributed by atoms with E-state index in [9.17, 15) is 4.79 Å². The Morgan fingerprint density at radius 2 is 1.67 bits per heavy atom. The number of fused-ring (bicyclic) bond motifs is 2. The van der Waals surface area contributed by atoms with E-state index < -0.39 is 0 Å². The first kappa shape index (κ1) is 17.1. The molecule has 0 fully saturated rings. The number of nitrogens with zero attached hydrogens (tertiary/aromatic N) is 5. The maximum atomic E-state index is 13.1. The first-order valence-corrected chi connectivity index (χ1v) is 9.09. The number of aromatic nitrogens is 4. The SMILES string of the molecule is [C-]#[N+]CCn1c(Cn2c(=O)n(C(C)C)c3ccccc32)nc2ccccc21. The largest absolute Gasteiger partial charge is 0.329 e. The minimum absolute atomic E-state index is 0.0324. The summed E-state index contributed by atoms with van der Waals surface area (Å²) in [4.78, 5) is 21.4. The maximum Gasteiger partial charge on any atom is 0.329 e. The van der Waals surface area contributed by atoms with Gasteiger partial charge in [-0.1, -0.05) is 24.3 Å². The Bertz CT molecular complexity index is 1220. The second-order valence-electron chi connectivity index (χ2n) is 6.87. The quantitative estimate of drug-likeness (QED) is 0.510. The van der Waals surface area contributed by atoms with Crippen LogP contribution in [-0.4, -0.2) is 25.2 Å². The number of imidazole rings is 2. The van der Waals surface area contributed by atoms with E-state index in [0.717, 1.165) is 27.9 Å². The molecule has 2 aromatic heterocycles. The topological polar surface area (TPSA) is 49.1 Å². The van der Waals surface area contributed by atoms with Crippen molar-refractivity contribution in [3.63, 3.8) is 0 Å². The molecule has 4 aromatic rings. The zero-order valence-corrected chi connectivity index (χ0v) is 15.5. The van der Waals surface area contributed by atoms with Crippen LogP contribution in [0.3, 0.4) is 0 Å². The molecular formula is C21H21N5O. The van der Waals surface area contributed by atoms with Gasteiger partial charge in [-0.25, -0.2) is 16.4 Å². The van der Waals surface area contributed by atoms with Gasteiger partial charge in [-0.3, -0.25) is 9.13 Å². The molecule has 0 spiro atoms. The summed E-state index contributed by atoms with van der Waals surface area (Å²) in [5.41, 5.74) is 3.69. The van der Waals surface area contributed by atoms with E-state index in [1.54, 1.807) is 4.57 Å². The van der Waals surface area contributed by atoms with Crippen molar-refractivity contribution in [2.24, 2.45) is 0 Å². The van der Waals surface area contributed by atoms with Crippen LogP contribution in [0.4, 0.5) is 0 Å². The average molecular weight is 359 g/mol. The number of benzene rings is 2. The van der Waals surface area contributed by atoms with E-state index in [1.807, 2.05) is 66.9 Å². The minimum Gasteiger partial charge on any atom is -0.319 e. The van der Waals surface area contributed by atoms with E-state index in [2.05, 4.69) is 9.41 Å². The van der Waals surface area contributed by atoms with E-state index in [-0.39, 0.29) is 11.7 Å². The fraction of sp³-hybridized carbons (Fsp3) is 0.286. The van der Waals surface area contributed by atoms with Gasteiger partial charge in [0.1, 0.15) is 5.82 Å². The minimum atomic E-state index is -0.0324. The van der Waals surface area contributed by atoms with Gasteiger partial charge in [0.15, 0.2) is 0 Å². The fourth-order valence-corrected chi connectivity index (χ4v) is 3.67. The molecule has 0 bridgehead atoms. The van der Waals surface area contributed by atoms with E-state index in [4.69, 9.17) is 11.6 Å². The van der Waals surface area contributed by atoms with Gasteiger partial charge in [0, 0.05) is 6.04 Å². The molecule has 0 aliphatic carbocycles. The van der Waals surface area contributed by atoms with Crippen molar-refractivity contribution in [1.82, 2.24) is 18.7 Å². The second kappa shape index (κ2) is 6.76. The summed E-state index contributed by atoms with van der Waals surface area (Å²) in [6, 6.07) is 15.8. The third-order valence-corrected chi connectivity index (χ3v) is 4.85. The molecule has 0 N–H and O–H groups in total. The second-order valence-corrected chi connectivity index (χ2v) is 6.87. The molecule has 0 radical (unpaired) electrons. The van der Waals surface area contributed by atoms with Gasteiger partial charge in [-0.15, -0.1) is 0 Å². The lowest BCUT2D eigenvalue weighted by molar-refractivity contribution is 0.566. The van der Waals surface area contributed by atoms with Crippen molar-refractivity contribution < 1.29 is 0 Å². The summed E-state index contributed by atoms with van der Waals surface area (Å²) in [5, 5.41) is 0. The molecule has 27 heavy (non-hydrogen) atoms. The molecule has 0 saturated carbocycles. The van der Waals surface area contributed by atoms with Crippen molar-refractivity contribution >= 4 is 22.1 Å². The standard InChI is InChI=1S/C21H21N5O/c1-15(2)26-19-11-7-6-10-18(19)25(21(26)27)14-20-23-16-8-4-5-9-17(16)24(20)13-12-22-3/h4-11,15H,12-14H2,1-2H3.